The number of alkyl carbamates (subject to hydrolysis) is 1. The molecule has 10 nitrogen and oxygen atoms in total. The monoisotopic (exact) mass is 716 g/mol. The molecule has 0 radical (unpaired) electrons. The summed E-state index contributed by atoms with van der Waals surface area (Å²) in [5, 5.41) is 25.0. The first kappa shape index (κ1) is 42.0. The van der Waals surface area contributed by atoms with Crippen LogP contribution in [0.2, 0.25) is 0 Å². The number of unbranched alkanes of at least 4 members (excludes halogenated alkanes) is 1. The largest absolute Gasteiger partial charge is 0.445 e. The van der Waals surface area contributed by atoms with E-state index in [0.717, 1.165) is 28.3 Å². The highest BCUT2D eigenvalue weighted by Gasteiger charge is 2.32. The number of rotatable bonds is 21. The quantitative estimate of drug-likeness (QED) is 0.0859. The maximum atomic E-state index is 14.1. The van der Waals surface area contributed by atoms with Crippen LogP contribution in [0.3, 0.4) is 0 Å². The van der Waals surface area contributed by atoms with Crippen molar-refractivity contribution in [2.75, 3.05) is 6.54 Å². The molecule has 0 bridgehead atoms. The van der Waals surface area contributed by atoms with Gasteiger partial charge >= 0.3 is 6.09 Å². The molecule has 0 spiro atoms. The second-order valence-electron chi connectivity index (χ2n) is 14.6. The number of carbonyl (C=O) groups excluding carboxylic acids is 4. The van der Waals surface area contributed by atoms with Crippen molar-refractivity contribution in [2.45, 2.75) is 117 Å². The van der Waals surface area contributed by atoms with Gasteiger partial charge in [0, 0.05) is 18.9 Å². The van der Waals surface area contributed by atoms with E-state index in [1.165, 1.54) is 0 Å². The Labute approximate surface area is 309 Å². The third-order valence-corrected chi connectivity index (χ3v) is 9.20. The molecule has 5 atom stereocenters. The lowest BCUT2D eigenvalue weighted by molar-refractivity contribution is -0.131. The van der Waals surface area contributed by atoms with Gasteiger partial charge in [0.25, 0.3) is 0 Å². The number of carbonyl (C=O) groups is 4. The number of hydrogen-bond acceptors (Lipinski definition) is 6. The number of benzene rings is 3. The highest BCUT2D eigenvalue weighted by molar-refractivity contribution is 5.92. The Bertz CT molecular complexity index is 1560. The first-order valence-corrected chi connectivity index (χ1v) is 18.9. The lowest BCUT2D eigenvalue weighted by Crippen LogP contribution is -2.57. The summed E-state index contributed by atoms with van der Waals surface area (Å²) < 4.78 is 5.49. The molecule has 0 aromatic heterocycles. The van der Waals surface area contributed by atoms with E-state index in [-0.39, 0.29) is 31.3 Å². The SMILES string of the molecule is CCCC[C@H](NC(=O)[C@H](Cc1cccc2ccccc12)NC(=O)OCc1ccccc1)C(=O)N[C@@H](CC(C)C)[C@@H](O)C[C@@H](CC)C(=O)NCC(C)C. The summed E-state index contributed by atoms with van der Waals surface area (Å²) in [6.07, 6.45) is 1.53. The van der Waals surface area contributed by atoms with Crippen LogP contribution in [-0.2, 0) is 32.1 Å². The lowest BCUT2D eigenvalue weighted by Gasteiger charge is -2.30. The van der Waals surface area contributed by atoms with Gasteiger partial charge in [0.15, 0.2) is 0 Å². The Hall–Kier alpha value is -4.44. The molecule has 5 N–H and O–H groups in total. The fraction of sp³-hybridized carbons (Fsp3) is 0.524. The van der Waals surface area contributed by atoms with Gasteiger partial charge in [0.1, 0.15) is 18.7 Å². The molecule has 284 valence electrons. The van der Waals surface area contributed by atoms with E-state index in [0.29, 0.717) is 38.1 Å². The average molecular weight is 717 g/mol. The third-order valence-electron chi connectivity index (χ3n) is 9.20. The summed E-state index contributed by atoms with van der Waals surface area (Å²) in [6, 6.07) is 20.3. The van der Waals surface area contributed by atoms with Gasteiger partial charge in [0.2, 0.25) is 17.7 Å². The third kappa shape index (κ3) is 13.9. The number of fused-ring (bicyclic) bond motifs is 1. The molecule has 52 heavy (non-hydrogen) atoms. The number of aliphatic hydroxyl groups excluding tert-OH is 1. The zero-order chi connectivity index (χ0) is 38.0. The smallest absolute Gasteiger partial charge is 0.408 e. The van der Waals surface area contributed by atoms with Crippen molar-refractivity contribution < 1.29 is 29.0 Å². The van der Waals surface area contributed by atoms with Gasteiger partial charge in [-0.25, -0.2) is 4.79 Å². The minimum atomic E-state index is -1.04. The molecule has 0 fully saturated rings. The summed E-state index contributed by atoms with van der Waals surface area (Å²) in [5.74, 6) is -0.997. The topological polar surface area (TPSA) is 146 Å². The normalized spacial score (nSPS) is 14.2. The van der Waals surface area contributed by atoms with E-state index in [1.54, 1.807) is 0 Å². The van der Waals surface area contributed by atoms with Gasteiger partial charge in [-0.15, -0.1) is 0 Å². The van der Waals surface area contributed by atoms with Crippen molar-refractivity contribution in [2.24, 2.45) is 17.8 Å². The highest BCUT2D eigenvalue weighted by atomic mass is 16.5. The van der Waals surface area contributed by atoms with Crippen LogP contribution in [0.15, 0.2) is 72.8 Å². The average Bonchev–Trinajstić information content (AvgIpc) is 3.13. The molecule has 0 aliphatic carbocycles. The van der Waals surface area contributed by atoms with E-state index < -0.39 is 48.1 Å². The van der Waals surface area contributed by atoms with Crippen LogP contribution < -0.4 is 21.3 Å². The Morgan fingerprint density at radius 3 is 2.08 bits per heavy atom. The summed E-state index contributed by atoms with van der Waals surface area (Å²) in [6.45, 7) is 12.6. The zero-order valence-corrected chi connectivity index (χ0v) is 31.8. The molecule has 4 amide bonds. The first-order chi connectivity index (χ1) is 24.9. The molecular formula is C42H60N4O6. The number of aliphatic hydroxyl groups is 1. The van der Waals surface area contributed by atoms with Gasteiger partial charge in [-0.3, -0.25) is 14.4 Å². The predicted octanol–water partition coefficient (Wildman–Crippen LogP) is 6.43. The van der Waals surface area contributed by atoms with Gasteiger partial charge in [0.05, 0.1) is 12.1 Å². The Kier molecular flexibility index (Phi) is 17.6. The minimum absolute atomic E-state index is 0.0364. The van der Waals surface area contributed by atoms with Crippen molar-refractivity contribution >= 4 is 34.6 Å². The standard InChI is InChI=1S/C42H60N4O6/c1-7-9-22-35(40(49)45-36(23-28(3)4)38(47)25-31(8-2)39(48)43-26-29(5)6)44-41(50)37(46-42(51)52-27-30-16-11-10-12-17-30)24-33-20-15-19-32-18-13-14-21-34(32)33/h10-21,28-29,31,35-38,47H,7-9,22-27H2,1-6H3,(H,43,48)(H,44,50)(H,45,49)(H,46,51)/t31-,35+,36+,37+,38+/m1/s1. The van der Waals surface area contributed by atoms with E-state index in [2.05, 4.69) is 21.3 Å². The maximum absolute atomic E-state index is 14.1. The van der Waals surface area contributed by atoms with Gasteiger partial charge < -0.3 is 31.1 Å². The van der Waals surface area contributed by atoms with Crippen LogP contribution in [0.1, 0.15) is 91.2 Å². The van der Waals surface area contributed by atoms with Crippen LogP contribution in [-0.4, -0.2) is 59.7 Å². The van der Waals surface area contributed by atoms with Crippen molar-refractivity contribution in [3.8, 4) is 0 Å². The second-order valence-corrected chi connectivity index (χ2v) is 14.6. The molecule has 0 saturated carbocycles. The Morgan fingerprint density at radius 2 is 1.40 bits per heavy atom. The fourth-order valence-corrected chi connectivity index (χ4v) is 6.22. The van der Waals surface area contributed by atoms with Gasteiger partial charge in [-0.2, -0.15) is 0 Å². The van der Waals surface area contributed by atoms with Crippen molar-refractivity contribution in [3.05, 3.63) is 83.9 Å². The summed E-state index contributed by atoms with van der Waals surface area (Å²) in [7, 11) is 0. The molecule has 0 saturated heterocycles. The van der Waals surface area contributed by atoms with E-state index >= 15 is 0 Å². The molecule has 0 heterocycles. The number of hydrogen-bond donors (Lipinski definition) is 5. The summed E-state index contributed by atoms with van der Waals surface area (Å²) in [4.78, 5) is 54.0. The van der Waals surface area contributed by atoms with Crippen molar-refractivity contribution in [1.29, 1.82) is 0 Å². The summed E-state index contributed by atoms with van der Waals surface area (Å²) >= 11 is 0. The fourth-order valence-electron chi connectivity index (χ4n) is 6.22. The molecule has 0 unspecified atom stereocenters. The molecule has 0 aliphatic rings. The Morgan fingerprint density at radius 1 is 0.731 bits per heavy atom. The molecule has 3 aromatic carbocycles. The van der Waals surface area contributed by atoms with Gasteiger partial charge in [-0.05, 0) is 59.4 Å². The summed E-state index contributed by atoms with van der Waals surface area (Å²) in [5.41, 5.74) is 1.67. The molecule has 10 heteroatoms. The van der Waals surface area contributed by atoms with E-state index in [1.807, 2.05) is 114 Å². The van der Waals surface area contributed by atoms with Crippen molar-refractivity contribution in [1.82, 2.24) is 21.3 Å². The predicted molar refractivity (Wildman–Crippen MR) is 206 cm³/mol. The second kappa shape index (κ2) is 21.8. The number of nitrogens with one attached hydrogen (secondary N) is 4. The van der Waals surface area contributed by atoms with E-state index in [9.17, 15) is 24.3 Å². The van der Waals surface area contributed by atoms with Crippen LogP contribution in [0.5, 0.6) is 0 Å². The van der Waals surface area contributed by atoms with Crippen LogP contribution >= 0.6 is 0 Å². The van der Waals surface area contributed by atoms with E-state index in [4.69, 9.17) is 4.74 Å². The molecule has 3 aromatic rings. The van der Waals surface area contributed by atoms with Crippen LogP contribution in [0.25, 0.3) is 10.8 Å². The van der Waals surface area contributed by atoms with Gasteiger partial charge in [-0.1, -0.05) is 127 Å². The van der Waals surface area contributed by atoms with Crippen molar-refractivity contribution in [3.63, 3.8) is 0 Å². The maximum Gasteiger partial charge on any atom is 0.408 e. The van der Waals surface area contributed by atoms with Crippen LogP contribution in [0, 0.1) is 17.8 Å². The molecular weight excluding hydrogens is 656 g/mol. The Balaban J connectivity index is 1.81. The lowest BCUT2D eigenvalue weighted by atomic mass is 9.90. The highest BCUT2D eigenvalue weighted by Crippen LogP contribution is 2.21. The first-order valence-electron chi connectivity index (χ1n) is 18.9. The minimum Gasteiger partial charge on any atom is -0.445 e. The molecule has 3 rings (SSSR count). The molecule has 0 aliphatic heterocycles. The zero-order valence-electron chi connectivity index (χ0n) is 31.8. The van der Waals surface area contributed by atoms with Crippen LogP contribution in [0.4, 0.5) is 4.79 Å². The number of ether oxygens (including phenoxy) is 1. The number of amides is 4.